The second-order valence-electron chi connectivity index (χ2n) is 8.68. The zero-order valence-corrected chi connectivity index (χ0v) is 17.0. The maximum atomic E-state index is 12.8. The monoisotopic (exact) mass is 390 g/mol. The number of fused-ring (bicyclic) bond motifs is 4. The summed E-state index contributed by atoms with van der Waals surface area (Å²) in [5, 5.41) is 0. The average Bonchev–Trinajstić information content (AvgIpc) is 3.48. The predicted molar refractivity (Wildman–Crippen MR) is 105 cm³/mol. The number of nitrogens with zero attached hydrogens (tertiary/aromatic N) is 2. The molecule has 1 aliphatic carbocycles. The van der Waals surface area contributed by atoms with Gasteiger partial charge in [0.25, 0.3) is 0 Å². The van der Waals surface area contributed by atoms with Crippen LogP contribution in [0, 0.1) is 18.8 Å². The van der Waals surface area contributed by atoms with E-state index in [1.165, 1.54) is 32.2 Å². The summed E-state index contributed by atoms with van der Waals surface area (Å²) in [7, 11) is -3.41. The Balaban J connectivity index is 1.36. The highest BCUT2D eigenvalue weighted by atomic mass is 32.2. The topological polar surface area (TPSA) is 57.7 Å². The van der Waals surface area contributed by atoms with E-state index < -0.39 is 9.84 Å². The van der Waals surface area contributed by atoms with E-state index in [1.807, 2.05) is 11.8 Å². The van der Waals surface area contributed by atoms with E-state index in [1.54, 1.807) is 24.3 Å². The molecule has 2 unspecified atom stereocenters. The molecule has 0 spiro atoms. The van der Waals surface area contributed by atoms with E-state index in [4.69, 9.17) is 0 Å². The summed E-state index contributed by atoms with van der Waals surface area (Å²) < 4.78 is 25.1. The van der Waals surface area contributed by atoms with Crippen molar-refractivity contribution in [2.75, 3.05) is 31.9 Å². The summed E-state index contributed by atoms with van der Waals surface area (Å²) in [6.45, 7) is 5.78. The van der Waals surface area contributed by atoms with Crippen LogP contribution in [-0.2, 0) is 14.6 Å². The lowest BCUT2D eigenvalue weighted by Crippen LogP contribution is -2.45. The van der Waals surface area contributed by atoms with Crippen molar-refractivity contribution in [2.45, 2.75) is 50.0 Å². The van der Waals surface area contributed by atoms with Crippen molar-refractivity contribution in [1.82, 2.24) is 9.80 Å². The molecule has 5 nitrogen and oxygen atoms in total. The van der Waals surface area contributed by atoms with Gasteiger partial charge in [0.1, 0.15) is 0 Å². The molecule has 0 N–H and O–H groups in total. The van der Waals surface area contributed by atoms with Gasteiger partial charge in [0.2, 0.25) is 5.91 Å². The summed E-state index contributed by atoms with van der Waals surface area (Å²) in [4.78, 5) is 17.6. The minimum Gasteiger partial charge on any atom is -0.341 e. The van der Waals surface area contributed by atoms with E-state index in [9.17, 15) is 13.2 Å². The highest BCUT2D eigenvalue weighted by Crippen LogP contribution is 2.35. The molecular formula is C21H30N2O3S. The molecule has 1 aromatic rings. The number of piperidine rings is 1. The fourth-order valence-electron chi connectivity index (χ4n) is 4.48. The summed E-state index contributed by atoms with van der Waals surface area (Å²) in [6, 6.07) is 7.33. The number of hydrogen-bond acceptors (Lipinski definition) is 4. The Morgan fingerprint density at radius 2 is 1.78 bits per heavy atom. The van der Waals surface area contributed by atoms with E-state index in [-0.39, 0.29) is 18.1 Å². The number of carbonyl (C=O) groups excluding carboxylic acids is 1. The molecule has 1 amide bonds. The van der Waals surface area contributed by atoms with Crippen molar-refractivity contribution in [2.24, 2.45) is 11.8 Å². The molecule has 0 aromatic heterocycles. The molecule has 3 saturated heterocycles. The van der Waals surface area contributed by atoms with Crippen LogP contribution in [-0.4, -0.2) is 62.1 Å². The quantitative estimate of drug-likeness (QED) is 0.749. The fourth-order valence-corrected chi connectivity index (χ4v) is 5.71. The summed E-state index contributed by atoms with van der Waals surface area (Å²) >= 11 is 0. The average molecular weight is 391 g/mol. The second kappa shape index (κ2) is 7.55. The molecule has 1 aromatic carbocycles. The normalized spacial score (nSPS) is 26.2. The number of benzene rings is 1. The van der Waals surface area contributed by atoms with Gasteiger partial charge in [-0.1, -0.05) is 17.7 Å². The number of aryl methyl sites for hydroxylation is 1. The largest absolute Gasteiger partial charge is 0.341 e. The molecule has 2 bridgehead atoms. The van der Waals surface area contributed by atoms with Gasteiger partial charge in [-0.3, -0.25) is 9.69 Å². The lowest BCUT2D eigenvalue weighted by Gasteiger charge is -2.36. The van der Waals surface area contributed by atoms with Gasteiger partial charge in [-0.2, -0.15) is 0 Å². The van der Waals surface area contributed by atoms with Gasteiger partial charge in [-0.05, 0) is 56.6 Å². The molecule has 0 radical (unpaired) electrons. The van der Waals surface area contributed by atoms with Gasteiger partial charge in [-0.25, -0.2) is 8.42 Å². The van der Waals surface area contributed by atoms with Crippen molar-refractivity contribution in [3.05, 3.63) is 29.8 Å². The Labute approximate surface area is 162 Å². The number of amides is 1. The van der Waals surface area contributed by atoms with E-state index in [0.717, 1.165) is 31.1 Å². The molecule has 3 heterocycles. The first-order chi connectivity index (χ1) is 12.9. The van der Waals surface area contributed by atoms with Crippen LogP contribution in [0.5, 0.6) is 0 Å². The van der Waals surface area contributed by atoms with Crippen LogP contribution in [0.1, 0.15) is 37.7 Å². The molecule has 1 saturated carbocycles. The smallest absolute Gasteiger partial charge is 0.223 e. The minimum absolute atomic E-state index is 0.00383. The lowest BCUT2D eigenvalue weighted by molar-refractivity contribution is -0.131. The SMILES string of the molecule is Cc1ccc(S(=O)(=O)CCC(=O)N2CC3CCC(C2)N(CC2CC2)C3)cc1. The van der Waals surface area contributed by atoms with Crippen molar-refractivity contribution in [3.8, 4) is 0 Å². The van der Waals surface area contributed by atoms with Crippen LogP contribution in [0.4, 0.5) is 0 Å². The minimum atomic E-state index is -3.41. The van der Waals surface area contributed by atoms with Crippen LogP contribution < -0.4 is 0 Å². The number of sulfone groups is 1. The third-order valence-corrected chi connectivity index (χ3v) is 8.07. The van der Waals surface area contributed by atoms with E-state index in [0.29, 0.717) is 16.9 Å². The first-order valence-electron chi connectivity index (χ1n) is 10.2. The van der Waals surface area contributed by atoms with Gasteiger partial charge in [0.15, 0.2) is 9.84 Å². The first kappa shape index (κ1) is 18.9. The third-order valence-electron chi connectivity index (χ3n) is 6.33. The van der Waals surface area contributed by atoms with Crippen LogP contribution in [0.3, 0.4) is 0 Å². The molecule has 4 aliphatic rings. The van der Waals surface area contributed by atoms with Gasteiger partial charge in [-0.15, -0.1) is 0 Å². The zero-order chi connectivity index (χ0) is 19.0. The zero-order valence-electron chi connectivity index (χ0n) is 16.1. The van der Waals surface area contributed by atoms with Gasteiger partial charge in [0.05, 0.1) is 10.6 Å². The van der Waals surface area contributed by atoms with Crippen LogP contribution in [0.25, 0.3) is 0 Å². The highest BCUT2D eigenvalue weighted by molar-refractivity contribution is 7.91. The Bertz CT molecular complexity index is 786. The number of hydrogen-bond donors (Lipinski definition) is 0. The molecule has 27 heavy (non-hydrogen) atoms. The standard InChI is InChI=1S/C21H30N2O3S/c1-16-2-8-20(9-3-16)27(25,26)11-10-21(24)23-14-18-6-7-19(15-23)22(13-18)12-17-4-5-17/h2-3,8-9,17-19H,4-7,10-15H2,1H3. The first-order valence-corrected chi connectivity index (χ1v) is 11.9. The third kappa shape index (κ3) is 4.54. The van der Waals surface area contributed by atoms with Gasteiger partial charge >= 0.3 is 0 Å². The van der Waals surface area contributed by atoms with Crippen molar-refractivity contribution in [1.29, 1.82) is 0 Å². The molecule has 2 atom stereocenters. The van der Waals surface area contributed by atoms with Crippen molar-refractivity contribution < 1.29 is 13.2 Å². The number of carbonyl (C=O) groups is 1. The van der Waals surface area contributed by atoms with Crippen LogP contribution in [0.2, 0.25) is 0 Å². The van der Waals surface area contributed by atoms with Crippen LogP contribution >= 0.6 is 0 Å². The highest BCUT2D eigenvalue weighted by Gasteiger charge is 2.38. The van der Waals surface area contributed by atoms with E-state index in [2.05, 4.69) is 4.90 Å². The Kier molecular flexibility index (Phi) is 5.30. The van der Waals surface area contributed by atoms with Gasteiger partial charge < -0.3 is 4.90 Å². The molecule has 6 heteroatoms. The number of rotatable bonds is 6. The second-order valence-corrected chi connectivity index (χ2v) is 10.8. The van der Waals surface area contributed by atoms with Crippen LogP contribution in [0.15, 0.2) is 29.2 Å². The molecule has 3 aliphatic heterocycles. The van der Waals surface area contributed by atoms with Crippen molar-refractivity contribution in [3.63, 3.8) is 0 Å². The van der Waals surface area contributed by atoms with Crippen molar-refractivity contribution >= 4 is 15.7 Å². The predicted octanol–water partition coefficient (Wildman–Crippen LogP) is 2.49. The fraction of sp³-hybridized carbons (Fsp3) is 0.667. The summed E-state index contributed by atoms with van der Waals surface area (Å²) in [6.07, 6.45) is 5.15. The molecule has 4 fully saturated rings. The maximum Gasteiger partial charge on any atom is 0.223 e. The Morgan fingerprint density at radius 3 is 2.48 bits per heavy atom. The lowest BCUT2D eigenvalue weighted by atomic mass is 9.95. The molecular weight excluding hydrogens is 360 g/mol. The molecule has 5 rings (SSSR count). The maximum absolute atomic E-state index is 12.8. The Hall–Kier alpha value is -1.40. The molecule has 148 valence electrons. The van der Waals surface area contributed by atoms with Gasteiger partial charge in [0, 0.05) is 38.6 Å². The summed E-state index contributed by atoms with van der Waals surface area (Å²) in [5.74, 6) is 1.30. The summed E-state index contributed by atoms with van der Waals surface area (Å²) in [5.41, 5.74) is 1.03. The van der Waals surface area contributed by atoms with E-state index >= 15 is 0 Å². The Morgan fingerprint density at radius 1 is 1.04 bits per heavy atom.